The number of aryl methyl sites for hydroxylation is 1. The molecule has 1 atom stereocenters. The molecular weight excluding hydrogens is 224 g/mol. The van der Waals surface area contributed by atoms with Crippen molar-refractivity contribution in [2.45, 2.75) is 26.4 Å². The Kier molecular flexibility index (Phi) is 3.77. The molecule has 0 saturated heterocycles. The van der Waals surface area contributed by atoms with E-state index in [9.17, 15) is 0 Å². The second-order valence-electron chi connectivity index (χ2n) is 4.29. The third kappa shape index (κ3) is 2.77. The van der Waals surface area contributed by atoms with E-state index in [4.69, 9.17) is 0 Å². The van der Waals surface area contributed by atoms with E-state index in [-0.39, 0.29) is 6.04 Å². The third-order valence-electron chi connectivity index (χ3n) is 2.77. The van der Waals surface area contributed by atoms with Gasteiger partial charge in [-0.2, -0.15) is 0 Å². The Bertz CT molecular complexity index is 516. The normalized spacial score (nSPS) is 12.1. The molecule has 0 fully saturated rings. The van der Waals surface area contributed by atoms with E-state index in [1.165, 1.54) is 5.56 Å². The van der Waals surface area contributed by atoms with Crippen molar-refractivity contribution >= 4 is 5.95 Å². The molecule has 0 radical (unpaired) electrons. The maximum atomic E-state index is 4.48. The van der Waals surface area contributed by atoms with Gasteiger partial charge in [0.2, 0.25) is 5.95 Å². The van der Waals surface area contributed by atoms with Crippen LogP contribution in [0.3, 0.4) is 0 Å². The number of rotatable bonds is 5. The average Bonchev–Trinajstić information content (AvgIpc) is 2.71. The van der Waals surface area contributed by atoms with Crippen molar-refractivity contribution in [3.63, 3.8) is 0 Å². The van der Waals surface area contributed by atoms with Gasteiger partial charge in [0.1, 0.15) is 0 Å². The molecule has 4 heteroatoms. The summed E-state index contributed by atoms with van der Waals surface area (Å²) in [6.07, 6.45) is 7.48. The lowest BCUT2D eigenvalue weighted by Gasteiger charge is -2.15. The number of anilines is 1. The van der Waals surface area contributed by atoms with Crippen molar-refractivity contribution in [3.05, 3.63) is 54.6 Å². The minimum absolute atomic E-state index is 0.193. The summed E-state index contributed by atoms with van der Waals surface area (Å²) in [5.74, 6) is 0.872. The molecule has 2 rings (SSSR count). The number of aromatic nitrogens is 3. The number of hydrogen-bond donors (Lipinski definition) is 1. The lowest BCUT2D eigenvalue weighted by atomic mass is 10.1. The zero-order chi connectivity index (χ0) is 13.0. The van der Waals surface area contributed by atoms with Crippen LogP contribution >= 0.6 is 0 Å². The first kappa shape index (κ1) is 12.4. The standard InChI is InChI=1S/C14H18N4/c1-4-9-18-10-11(2)16-14(18)17-12(3)13-5-7-15-8-6-13/h4-8,10,12H,1,9H2,2-3H3,(H,16,17). The SMILES string of the molecule is C=CCn1cc(C)nc1NC(C)c1ccncc1. The highest BCUT2D eigenvalue weighted by Crippen LogP contribution is 2.18. The molecule has 4 nitrogen and oxygen atoms in total. The number of pyridine rings is 1. The highest BCUT2D eigenvalue weighted by atomic mass is 15.2. The van der Waals surface area contributed by atoms with Crippen LogP contribution in [0.1, 0.15) is 24.2 Å². The maximum Gasteiger partial charge on any atom is 0.203 e. The Morgan fingerprint density at radius 2 is 2.17 bits per heavy atom. The van der Waals surface area contributed by atoms with Gasteiger partial charge in [-0.15, -0.1) is 6.58 Å². The number of nitrogens with one attached hydrogen (secondary N) is 1. The first-order valence-corrected chi connectivity index (χ1v) is 6.02. The second kappa shape index (κ2) is 5.49. The number of nitrogens with zero attached hydrogens (tertiary/aromatic N) is 3. The van der Waals surface area contributed by atoms with Gasteiger partial charge in [0.05, 0.1) is 11.7 Å². The number of allylic oxidation sites excluding steroid dienone is 1. The molecular formula is C14H18N4. The molecule has 0 aliphatic carbocycles. The van der Waals surface area contributed by atoms with Gasteiger partial charge in [0, 0.05) is 25.1 Å². The lowest BCUT2D eigenvalue weighted by molar-refractivity contribution is 0.783. The van der Waals surface area contributed by atoms with E-state index < -0.39 is 0 Å². The molecule has 94 valence electrons. The molecule has 2 heterocycles. The van der Waals surface area contributed by atoms with Gasteiger partial charge in [-0.05, 0) is 31.5 Å². The van der Waals surface area contributed by atoms with E-state index >= 15 is 0 Å². The van der Waals surface area contributed by atoms with Crippen molar-refractivity contribution in [2.75, 3.05) is 5.32 Å². The largest absolute Gasteiger partial charge is 0.349 e. The first-order valence-electron chi connectivity index (χ1n) is 6.02. The summed E-state index contributed by atoms with van der Waals surface area (Å²) < 4.78 is 2.06. The topological polar surface area (TPSA) is 42.7 Å². The Hall–Kier alpha value is -2.10. The summed E-state index contributed by atoms with van der Waals surface area (Å²) >= 11 is 0. The van der Waals surface area contributed by atoms with E-state index in [1.54, 1.807) is 12.4 Å². The van der Waals surface area contributed by atoms with Gasteiger partial charge in [0.25, 0.3) is 0 Å². The fourth-order valence-corrected chi connectivity index (χ4v) is 1.87. The molecule has 2 aromatic rings. The monoisotopic (exact) mass is 242 g/mol. The van der Waals surface area contributed by atoms with Gasteiger partial charge in [-0.1, -0.05) is 6.08 Å². The lowest BCUT2D eigenvalue weighted by Crippen LogP contribution is -2.11. The molecule has 0 spiro atoms. The average molecular weight is 242 g/mol. The van der Waals surface area contributed by atoms with E-state index in [1.807, 2.05) is 31.3 Å². The van der Waals surface area contributed by atoms with Gasteiger partial charge in [0.15, 0.2) is 0 Å². The number of hydrogen-bond acceptors (Lipinski definition) is 3. The zero-order valence-electron chi connectivity index (χ0n) is 10.8. The van der Waals surface area contributed by atoms with Crippen molar-refractivity contribution < 1.29 is 0 Å². The highest BCUT2D eigenvalue weighted by molar-refractivity contribution is 5.33. The summed E-state index contributed by atoms with van der Waals surface area (Å²) in [7, 11) is 0. The van der Waals surface area contributed by atoms with Crippen molar-refractivity contribution in [3.8, 4) is 0 Å². The molecule has 0 aliphatic rings. The quantitative estimate of drug-likeness (QED) is 0.820. The Balaban J connectivity index is 2.16. The molecule has 0 bridgehead atoms. The van der Waals surface area contributed by atoms with Crippen LogP contribution in [0.25, 0.3) is 0 Å². The highest BCUT2D eigenvalue weighted by Gasteiger charge is 2.09. The van der Waals surface area contributed by atoms with Crippen LogP contribution in [0.4, 0.5) is 5.95 Å². The summed E-state index contributed by atoms with van der Waals surface area (Å²) in [5, 5.41) is 3.41. The first-order chi connectivity index (χ1) is 8.70. The molecule has 1 unspecified atom stereocenters. The van der Waals surface area contributed by atoms with Crippen molar-refractivity contribution in [1.82, 2.24) is 14.5 Å². The minimum Gasteiger partial charge on any atom is -0.349 e. The second-order valence-corrected chi connectivity index (χ2v) is 4.29. The fraction of sp³-hybridized carbons (Fsp3) is 0.286. The van der Waals surface area contributed by atoms with Crippen LogP contribution < -0.4 is 5.32 Å². The molecule has 2 aromatic heterocycles. The number of imidazole rings is 1. The van der Waals surface area contributed by atoms with Gasteiger partial charge < -0.3 is 9.88 Å². The van der Waals surface area contributed by atoms with Crippen LogP contribution in [0, 0.1) is 6.92 Å². The molecule has 0 amide bonds. The van der Waals surface area contributed by atoms with Crippen LogP contribution in [0.2, 0.25) is 0 Å². The summed E-state index contributed by atoms with van der Waals surface area (Å²) in [4.78, 5) is 8.51. The maximum absolute atomic E-state index is 4.48. The predicted octanol–water partition coefficient (Wildman–Crippen LogP) is 2.95. The predicted molar refractivity (Wildman–Crippen MR) is 73.4 cm³/mol. The molecule has 0 aliphatic heterocycles. The molecule has 0 aromatic carbocycles. The van der Waals surface area contributed by atoms with E-state index in [2.05, 4.69) is 33.4 Å². The van der Waals surface area contributed by atoms with Crippen LogP contribution in [-0.2, 0) is 6.54 Å². The Labute approximate surface area is 107 Å². The van der Waals surface area contributed by atoms with Crippen molar-refractivity contribution in [2.24, 2.45) is 0 Å². The van der Waals surface area contributed by atoms with Crippen LogP contribution in [0.5, 0.6) is 0 Å². The van der Waals surface area contributed by atoms with Crippen molar-refractivity contribution in [1.29, 1.82) is 0 Å². The smallest absolute Gasteiger partial charge is 0.203 e. The Morgan fingerprint density at radius 1 is 1.44 bits per heavy atom. The zero-order valence-corrected chi connectivity index (χ0v) is 10.8. The van der Waals surface area contributed by atoms with Gasteiger partial charge in [-0.25, -0.2) is 4.98 Å². The fourth-order valence-electron chi connectivity index (χ4n) is 1.87. The third-order valence-corrected chi connectivity index (χ3v) is 2.77. The van der Waals surface area contributed by atoms with Gasteiger partial charge in [-0.3, -0.25) is 4.98 Å². The van der Waals surface area contributed by atoms with E-state index in [0.717, 1.165) is 18.2 Å². The molecule has 18 heavy (non-hydrogen) atoms. The van der Waals surface area contributed by atoms with E-state index in [0.29, 0.717) is 0 Å². The van der Waals surface area contributed by atoms with Crippen LogP contribution in [-0.4, -0.2) is 14.5 Å². The minimum atomic E-state index is 0.193. The Morgan fingerprint density at radius 3 is 2.83 bits per heavy atom. The summed E-state index contributed by atoms with van der Waals surface area (Å²) in [5.41, 5.74) is 2.19. The molecule has 0 saturated carbocycles. The summed E-state index contributed by atoms with van der Waals surface area (Å²) in [6, 6.07) is 4.20. The van der Waals surface area contributed by atoms with Gasteiger partial charge >= 0.3 is 0 Å². The van der Waals surface area contributed by atoms with Crippen LogP contribution in [0.15, 0.2) is 43.4 Å². The summed E-state index contributed by atoms with van der Waals surface area (Å²) in [6.45, 7) is 8.61. The molecule has 1 N–H and O–H groups in total.